The molecule has 0 fully saturated rings. The number of carbonyl (C=O) groups is 2. The van der Waals surface area contributed by atoms with Gasteiger partial charge in [0.25, 0.3) is 5.91 Å². The molecular formula is C21H22N6O4. The lowest BCUT2D eigenvalue weighted by molar-refractivity contribution is -0.137. The van der Waals surface area contributed by atoms with E-state index in [2.05, 4.69) is 15.1 Å². The summed E-state index contributed by atoms with van der Waals surface area (Å²) in [5.74, 6) is -1.01. The molecule has 10 nitrogen and oxygen atoms in total. The Morgan fingerprint density at radius 3 is 2.58 bits per heavy atom. The molecule has 3 N–H and O–H groups in total. The van der Waals surface area contributed by atoms with Crippen LogP contribution >= 0.6 is 0 Å². The third-order valence-electron chi connectivity index (χ3n) is 5.20. The van der Waals surface area contributed by atoms with E-state index >= 15 is 0 Å². The van der Waals surface area contributed by atoms with E-state index in [1.807, 2.05) is 32.9 Å². The van der Waals surface area contributed by atoms with Crippen LogP contribution in [0.1, 0.15) is 27.2 Å². The third kappa shape index (κ3) is 3.67. The number of carboxylic acid groups (broad SMARTS) is 1. The van der Waals surface area contributed by atoms with Crippen molar-refractivity contribution in [1.82, 2.24) is 19.7 Å². The number of aliphatic carboxylic acids is 1. The largest absolute Gasteiger partial charge is 0.480 e. The first-order valence-corrected chi connectivity index (χ1v) is 9.69. The molecule has 0 bridgehead atoms. The lowest BCUT2D eigenvalue weighted by atomic mass is 9.95. The zero-order valence-electron chi connectivity index (χ0n) is 17.4. The van der Waals surface area contributed by atoms with Gasteiger partial charge in [-0.15, -0.1) is 0 Å². The average Bonchev–Trinajstić information content (AvgIpc) is 2.93. The van der Waals surface area contributed by atoms with Crippen molar-refractivity contribution >= 4 is 23.4 Å². The maximum atomic E-state index is 13.2. The van der Waals surface area contributed by atoms with Crippen molar-refractivity contribution < 1.29 is 19.4 Å². The van der Waals surface area contributed by atoms with Crippen molar-refractivity contribution in [3.05, 3.63) is 47.0 Å². The molecule has 4 rings (SSSR count). The molecule has 1 aliphatic rings. The van der Waals surface area contributed by atoms with Crippen LogP contribution in [0.2, 0.25) is 0 Å². The van der Waals surface area contributed by atoms with Gasteiger partial charge in [-0.25, -0.2) is 9.97 Å². The number of benzene rings is 1. The number of rotatable bonds is 4. The summed E-state index contributed by atoms with van der Waals surface area (Å²) in [6.07, 6.45) is 3.00. The standard InChI is InChI=1S/C21H22N6O4/c1-11-6-14(27-4-5-31-20-18(21(27)30)19(22)23-10-24-20)7-12(2)17(11)15-8-26(9-16(28)29)25-13(15)3/h6-8,10H,4-5,9H2,1-3H3,(H,28,29)(H2,22,23,24). The van der Waals surface area contributed by atoms with E-state index in [4.69, 9.17) is 15.6 Å². The van der Waals surface area contributed by atoms with Gasteiger partial charge in [-0.3, -0.25) is 14.3 Å². The summed E-state index contributed by atoms with van der Waals surface area (Å²) in [4.78, 5) is 33.8. The topological polar surface area (TPSA) is 136 Å². The Bertz CT molecular complexity index is 1180. The average molecular weight is 422 g/mol. The minimum atomic E-state index is -0.955. The van der Waals surface area contributed by atoms with Crippen LogP contribution in [0.15, 0.2) is 24.7 Å². The Hall–Kier alpha value is -3.95. The fraction of sp³-hybridized carbons (Fsp3) is 0.286. The van der Waals surface area contributed by atoms with Crippen LogP contribution in [0.5, 0.6) is 5.88 Å². The number of fused-ring (bicyclic) bond motifs is 1. The minimum absolute atomic E-state index is 0.0773. The maximum absolute atomic E-state index is 13.2. The number of nitrogens with two attached hydrogens (primary N) is 1. The molecule has 1 amide bonds. The molecule has 1 aromatic carbocycles. The first-order chi connectivity index (χ1) is 14.8. The highest BCUT2D eigenvalue weighted by Crippen LogP contribution is 2.35. The Morgan fingerprint density at radius 2 is 1.90 bits per heavy atom. The number of ether oxygens (including phenoxy) is 1. The van der Waals surface area contributed by atoms with Crippen LogP contribution < -0.4 is 15.4 Å². The van der Waals surface area contributed by atoms with E-state index in [0.717, 1.165) is 27.9 Å². The quantitative estimate of drug-likeness (QED) is 0.651. The van der Waals surface area contributed by atoms with Gasteiger partial charge in [0.1, 0.15) is 30.9 Å². The number of nitrogen functional groups attached to an aromatic ring is 1. The highest BCUT2D eigenvalue weighted by molar-refractivity contribution is 6.10. The van der Waals surface area contributed by atoms with Gasteiger partial charge in [-0.05, 0) is 49.6 Å². The Morgan fingerprint density at radius 1 is 1.19 bits per heavy atom. The summed E-state index contributed by atoms with van der Waals surface area (Å²) in [7, 11) is 0. The SMILES string of the molecule is Cc1cc(N2CCOc3ncnc(N)c3C2=O)cc(C)c1-c1cn(CC(=O)O)nc1C. The number of hydrogen-bond donors (Lipinski definition) is 2. The van der Waals surface area contributed by atoms with Gasteiger partial charge in [0.05, 0.1) is 12.2 Å². The fourth-order valence-electron chi connectivity index (χ4n) is 3.91. The number of anilines is 2. The van der Waals surface area contributed by atoms with E-state index in [9.17, 15) is 9.59 Å². The summed E-state index contributed by atoms with van der Waals surface area (Å²) in [5.41, 5.74) is 11.2. The lowest BCUT2D eigenvalue weighted by Gasteiger charge is -2.23. The summed E-state index contributed by atoms with van der Waals surface area (Å²) < 4.78 is 7.01. The van der Waals surface area contributed by atoms with Crippen LogP contribution in [-0.2, 0) is 11.3 Å². The molecule has 0 unspecified atom stereocenters. The summed E-state index contributed by atoms with van der Waals surface area (Å²) in [5, 5.41) is 13.3. The molecule has 0 aliphatic carbocycles. The molecule has 160 valence electrons. The van der Waals surface area contributed by atoms with Crippen LogP contribution in [0.4, 0.5) is 11.5 Å². The second-order valence-corrected chi connectivity index (χ2v) is 7.42. The van der Waals surface area contributed by atoms with E-state index < -0.39 is 5.97 Å². The van der Waals surface area contributed by atoms with Crippen LogP contribution in [0.25, 0.3) is 11.1 Å². The third-order valence-corrected chi connectivity index (χ3v) is 5.20. The van der Waals surface area contributed by atoms with Crippen LogP contribution in [0.3, 0.4) is 0 Å². The fourth-order valence-corrected chi connectivity index (χ4v) is 3.91. The Balaban J connectivity index is 1.74. The summed E-state index contributed by atoms with van der Waals surface area (Å²) in [6, 6.07) is 3.83. The maximum Gasteiger partial charge on any atom is 0.325 e. The van der Waals surface area contributed by atoms with Crippen molar-refractivity contribution in [3.8, 4) is 17.0 Å². The molecule has 3 aromatic rings. The molecule has 10 heteroatoms. The normalized spacial score (nSPS) is 13.5. The monoisotopic (exact) mass is 422 g/mol. The van der Waals surface area contributed by atoms with Crippen LogP contribution in [0, 0.1) is 20.8 Å². The van der Waals surface area contributed by atoms with Gasteiger partial charge in [-0.1, -0.05) is 0 Å². The van der Waals surface area contributed by atoms with Crippen molar-refractivity contribution in [3.63, 3.8) is 0 Å². The van der Waals surface area contributed by atoms with E-state index in [0.29, 0.717) is 12.2 Å². The molecule has 0 atom stereocenters. The first-order valence-electron chi connectivity index (χ1n) is 9.69. The second kappa shape index (κ2) is 7.71. The van der Waals surface area contributed by atoms with E-state index in [1.165, 1.54) is 11.0 Å². The number of carbonyl (C=O) groups excluding carboxylic acids is 1. The van der Waals surface area contributed by atoms with Crippen molar-refractivity contribution in [2.24, 2.45) is 0 Å². The zero-order chi connectivity index (χ0) is 22.3. The van der Waals surface area contributed by atoms with Gasteiger partial charge in [0.15, 0.2) is 0 Å². The Labute approximate surface area is 178 Å². The van der Waals surface area contributed by atoms with Gasteiger partial charge in [0, 0.05) is 17.4 Å². The number of amides is 1. The number of hydrogen-bond acceptors (Lipinski definition) is 7. The highest BCUT2D eigenvalue weighted by atomic mass is 16.5. The number of nitrogens with zero attached hydrogens (tertiary/aromatic N) is 5. The molecule has 0 radical (unpaired) electrons. The highest BCUT2D eigenvalue weighted by Gasteiger charge is 2.29. The molecule has 1 aliphatic heterocycles. The molecule has 0 saturated carbocycles. The molecule has 2 aromatic heterocycles. The van der Waals surface area contributed by atoms with Crippen molar-refractivity contribution in [2.75, 3.05) is 23.8 Å². The van der Waals surface area contributed by atoms with Gasteiger partial charge < -0.3 is 20.5 Å². The molecule has 0 spiro atoms. The van der Waals surface area contributed by atoms with Crippen molar-refractivity contribution in [1.29, 1.82) is 0 Å². The Kier molecular flexibility index (Phi) is 5.05. The molecule has 31 heavy (non-hydrogen) atoms. The lowest BCUT2D eigenvalue weighted by Crippen LogP contribution is -2.33. The zero-order valence-corrected chi connectivity index (χ0v) is 17.4. The molecular weight excluding hydrogens is 400 g/mol. The first kappa shape index (κ1) is 20.3. The predicted octanol–water partition coefficient (Wildman–Crippen LogP) is 1.97. The number of aryl methyl sites for hydroxylation is 3. The van der Waals surface area contributed by atoms with Crippen molar-refractivity contribution in [2.45, 2.75) is 27.3 Å². The molecule has 3 heterocycles. The van der Waals surface area contributed by atoms with Gasteiger partial charge in [0.2, 0.25) is 5.88 Å². The number of carboxylic acids is 1. The van der Waals surface area contributed by atoms with E-state index in [-0.39, 0.29) is 36.3 Å². The summed E-state index contributed by atoms with van der Waals surface area (Å²) in [6.45, 7) is 6.14. The predicted molar refractivity (Wildman–Crippen MR) is 113 cm³/mol. The summed E-state index contributed by atoms with van der Waals surface area (Å²) >= 11 is 0. The second-order valence-electron chi connectivity index (χ2n) is 7.42. The molecule has 0 saturated heterocycles. The smallest absolute Gasteiger partial charge is 0.325 e. The van der Waals surface area contributed by atoms with Gasteiger partial charge >= 0.3 is 5.97 Å². The minimum Gasteiger partial charge on any atom is -0.480 e. The van der Waals surface area contributed by atoms with Crippen LogP contribution in [-0.4, -0.2) is 49.9 Å². The number of aromatic nitrogens is 4. The van der Waals surface area contributed by atoms with E-state index in [1.54, 1.807) is 11.1 Å². The van der Waals surface area contributed by atoms with Gasteiger partial charge in [-0.2, -0.15) is 5.10 Å².